The quantitative estimate of drug-likeness (QED) is 0.611. The Labute approximate surface area is 101 Å². The summed E-state index contributed by atoms with van der Waals surface area (Å²) in [7, 11) is 0. The third-order valence-electron chi connectivity index (χ3n) is 2.36. The highest BCUT2D eigenvalue weighted by atomic mass is 19.1. The topological polar surface area (TPSA) is 84.8 Å². The lowest BCUT2D eigenvalue weighted by Crippen LogP contribution is -2.03. The molecule has 90 valence electrons. The lowest BCUT2D eigenvalue weighted by atomic mass is 10.1. The number of rotatable bonds is 3. The largest absolute Gasteiger partial charge is 0.307 e. The van der Waals surface area contributed by atoms with Crippen LogP contribution >= 0.6 is 0 Å². The van der Waals surface area contributed by atoms with Crippen molar-refractivity contribution in [2.45, 2.75) is 6.54 Å². The molecule has 0 aliphatic heterocycles. The number of hydrogen-bond donors (Lipinski definition) is 0. The number of nitriles is 1. The number of hydrogen-bond acceptors (Lipinski definition) is 4. The zero-order valence-corrected chi connectivity index (χ0v) is 9.08. The molecule has 0 unspecified atom stereocenters. The van der Waals surface area contributed by atoms with Gasteiger partial charge in [0, 0.05) is 5.56 Å². The molecular formula is C11H7FN4O2. The maximum atomic E-state index is 13.7. The van der Waals surface area contributed by atoms with Crippen molar-refractivity contribution in [3.8, 4) is 6.07 Å². The second-order valence-corrected chi connectivity index (χ2v) is 3.54. The number of aromatic nitrogens is 2. The van der Waals surface area contributed by atoms with E-state index in [0.717, 1.165) is 6.20 Å². The molecule has 1 aromatic heterocycles. The van der Waals surface area contributed by atoms with Gasteiger partial charge in [-0.1, -0.05) is 12.1 Å². The maximum Gasteiger partial charge on any atom is 0.307 e. The maximum absolute atomic E-state index is 13.7. The van der Waals surface area contributed by atoms with Crippen LogP contribution < -0.4 is 0 Å². The van der Waals surface area contributed by atoms with E-state index in [-0.39, 0.29) is 23.4 Å². The highest BCUT2D eigenvalue weighted by molar-refractivity contribution is 5.35. The van der Waals surface area contributed by atoms with Gasteiger partial charge in [-0.05, 0) is 6.07 Å². The van der Waals surface area contributed by atoms with Crippen LogP contribution in [-0.2, 0) is 6.54 Å². The molecule has 0 spiro atoms. The van der Waals surface area contributed by atoms with E-state index < -0.39 is 10.7 Å². The number of nitrogens with zero attached hydrogens (tertiary/aromatic N) is 4. The smallest absolute Gasteiger partial charge is 0.261 e. The first-order chi connectivity index (χ1) is 8.61. The Balaban J connectivity index is 2.29. The van der Waals surface area contributed by atoms with Crippen LogP contribution in [0.3, 0.4) is 0 Å². The minimum Gasteiger partial charge on any atom is -0.261 e. The Kier molecular flexibility index (Phi) is 3.02. The van der Waals surface area contributed by atoms with Gasteiger partial charge in [0.05, 0.1) is 17.0 Å². The summed E-state index contributed by atoms with van der Waals surface area (Å²) < 4.78 is 15.0. The molecule has 0 aliphatic rings. The fourth-order valence-corrected chi connectivity index (χ4v) is 1.50. The Hall–Kier alpha value is -2.75. The molecule has 0 saturated carbocycles. The molecule has 7 heteroatoms. The molecule has 0 N–H and O–H groups in total. The zero-order chi connectivity index (χ0) is 13.1. The van der Waals surface area contributed by atoms with Crippen LogP contribution in [0, 0.1) is 27.3 Å². The second-order valence-electron chi connectivity index (χ2n) is 3.54. The van der Waals surface area contributed by atoms with Crippen molar-refractivity contribution in [1.29, 1.82) is 5.26 Å². The molecule has 0 atom stereocenters. The standard InChI is InChI=1S/C11H7FN4O2/c12-11-8(4-13)2-1-3-9(11)6-15-7-10(5-14-15)16(17)18/h1-3,5,7H,6H2. The minimum atomic E-state index is -0.627. The van der Waals surface area contributed by atoms with E-state index in [1.165, 1.54) is 23.0 Å². The van der Waals surface area contributed by atoms with Gasteiger partial charge in [0.2, 0.25) is 0 Å². The van der Waals surface area contributed by atoms with Crippen LogP contribution in [0.25, 0.3) is 0 Å². The van der Waals surface area contributed by atoms with Crippen molar-refractivity contribution >= 4 is 5.69 Å². The lowest BCUT2D eigenvalue weighted by molar-refractivity contribution is -0.385. The molecule has 2 rings (SSSR count). The molecule has 0 amide bonds. The SMILES string of the molecule is N#Cc1cccc(Cn2cc([N+](=O)[O-])cn2)c1F. The fraction of sp³-hybridized carbons (Fsp3) is 0.0909. The summed E-state index contributed by atoms with van der Waals surface area (Å²) in [6, 6.07) is 6.15. The fourth-order valence-electron chi connectivity index (χ4n) is 1.50. The lowest BCUT2D eigenvalue weighted by Gasteiger charge is -2.03. The molecule has 0 radical (unpaired) electrons. The third-order valence-corrected chi connectivity index (χ3v) is 2.36. The van der Waals surface area contributed by atoms with E-state index >= 15 is 0 Å². The summed E-state index contributed by atoms with van der Waals surface area (Å²) in [5.74, 6) is -0.627. The van der Waals surface area contributed by atoms with Crippen LogP contribution in [0.5, 0.6) is 0 Å². The predicted molar refractivity (Wildman–Crippen MR) is 59.1 cm³/mol. The summed E-state index contributed by atoms with van der Waals surface area (Å²) in [6.07, 6.45) is 2.30. The van der Waals surface area contributed by atoms with Crippen molar-refractivity contribution < 1.29 is 9.31 Å². The molecule has 0 aliphatic carbocycles. The van der Waals surface area contributed by atoms with Crippen LogP contribution in [0.2, 0.25) is 0 Å². The summed E-state index contributed by atoms with van der Waals surface area (Å²) in [5, 5.41) is 22.9. The van der Waals surface area contributed by atoms with E-state index in [4.69, 9.17) is 5.26 Å². The van der Waals surface area contributed by atoms with Crippen LogP contribution in [0.15, 0.2) is 30.6 Å². The monoisotopic (exact) mass is 246 g/mol. The Morgan fingerprint density at radius 3 is 2.94 bits per heavy atom. The van der Waals surface area contributed by atoms with Crippen LogP contribution in [0.4, 0.5) is 10.1 Å². The van der Waals surface area contributed by atoms with Gasteiger partial charge in [-0.3, -0.25) is 14.8 Å². The van der Waals surface area contributed by atoms with E-state index in [1.54, 1.807) is 12.1 Å². The zero-order valence-electron chi connectivity index (χ0n) is 9.08. The average Bonchev–Trinajstić information content (AvgIpc) is 2.80. The van der Waals surface area contributed by atoms with E-state index in [0.29, 0.717) is 0 Å². The molecule has 0 fully saturated rings. The summed E-state index contributed by atoms with van der Waals surface area (Å²) in [6.45, 7) is 0.0369. The van der Waals surface area contributed by atoms with Crippen LogP contribution in [0.1, 0.15) is 11.1 Å². The van der Waals surface area contributed by atoms with Gasteiger partial charge in [-0.2, -0.15) is 10.4 Å². The van der Waals surface area contributed by atoms with Crippen molar-refractivity contribution in [1.82, 2.24) is 9.78 Å². The molecule has 18 heavy (non-hydrogen) atoms. The second kappa shape index (κ2) is 4.63. The molecule has 0 bridgehead atoms. The van der Waals surface area contributed by atoms with E-state index in [2.05, 4.69) is 5.10 Å². The molecule has 0 saturated heterocycles. The number of nitro groups is 1. The first-order valence-electron chi connectivity index (χ1n) is 4.96. The Morgan fingerprint density at radius 2 is 2.33 bits per heavy atom. The van der Waals surface area contributed by atoms with Gasteiger partial charge in [0.1, 0.15) is 24.3 Å². The summed E-state index contributed by atoms with van der Waals surface area (Å²) in [5.41, 5.74) is 0.0352. The van der Waals surface area contributed by atoms with Gasteiger partial charge >= 0.3 is 5.69 Å². The number of halogens is 1. The van der Waals surface area contributed by atoms with E-state index in [1.807, 2.05) is 0 Å². The summed E-state index contributed by atoms with van der Waals surface area (Å²) >= 11 is 0. The van der Waals surface area contributed by atoms with Crippen molar-refractivity contribution in [3.63, 3.8) is 0 Å². The molecule has 1 aromatic carbocycles. The Bertz CT molecular complexity index is 645. The van der Waals surface area contributed by atoms with Gasteiger partial charge in [-0.25, -0.2) is 4.39 Å². The molecule has 1 heterocycles. The van der Waals surface area contributed by atoms with Crippen molar-refractivity contribution in [2.75, 3.05) is 0 Å². The highest BCUT2D eigenvalue weighted by Crippen LogP contribution is 2.15. The number of benzene rings is 1. The molecule has 6 nitrogen and oxygen atoms in total. The van der Waals surface area contributed by atoms with Gasteiger partial charge in [0.15, 0.2) is 0 Å². The van der Waals surface area contributed by atoms with Gasteiger partial charge in [-0.15, -0.1) is 0 Å². The van der Waals surface area contributed by atoms with Gasteiger partial charge in [0.25, 0.3) is 0 Å². The van der Waals surface area contributed by atoms with Crippen molar-refractivity contribution in [3.05, 3.63) is 57.7 Å². The normalized spacial score (nSPS) is 10.0. The van der Waals surface area contributed by atoms with Gasteiger partial charge < -0.3 is 0 Å². The first-order valence-corrected chi connectivity index (χ1v) is 4.96. The third kappa shape index (κ3) is 2.17. The highest BCUT2D eigenvalue weighted by Gasteiger charge is 2.12. The average molecular weight is 246 g/mol. The predicted octanol–water partition coefficient (Wildman–Crippen LogP) is 1.85. The summed E-state index contributed by atoms with van der Waals surface area (Å²) in [4.78, 5) is 9.89. The molecular weight excluding hydrogens is 239 g/mol. The molecule has 2 aromatic rings. The van der Waals surface area contributed by atoms with Crippen LogP contribution in [-0.4, -0.2) is 14.7 Å². The minimum absolute atomic E-state index is 0.0369. The van der Waals surface area contributed by atoms with E-state index in [9.17, 15) is 14.5 Å². The van der Waals surface area contributed by atoms with Crippen molar-refractivity contribution in [2.24, 2.45) is 0 Å². The first kappa shape index (κ1) is 11.7. The Morgan fingerprint density at radius 1 is 1.56 bits per heavy atom.